The van der Waals surface area contributed by atoms with Gasteiger partial charge in [0.05, 0.1) is 24.6 Å². The highest BCUT2D eigenvalue weighted by Crippen LogP contribution is 2.33. The van der Waals surface area contributed by atoms with Crippen molar-refractivity contribution < 1.29 is 19.4 Å². The zero-order valence-electron chi connectivity index (χ0n) is 22.8. The number of amides is 1. The first-order valence-electron chi connectivity index (χ1n) is 13.5. The van der Waals surface area contributed by atoms with Crippen LogP contribution in [-0.2, 0) is 9.53 Å². The fourth-order valence-electron chi connectivity index (χ4n) is 4.76. The molecular weight excluding hydrogens is 492 g/mol. The predicted molar refractivity (Wildman–Crippen MR) is 153 cm³/mol. The Morgan fingerprint density at radius 1 is 1.05 bits per heavy atom. The fraction of sp³-hybridized carbons (Fsp3) is 0.355. The highest BCUT2D eigenvalue weighted by Gasteiger charge is 2.23. The molecule has 0 radical (unpaired) electrons. The molecule has 4 aromatic rings. The van der Waals surface area contributed by atoms with Crippen LogP contribution in [0.5, 0.6) is 5.75 Å². The lowest BCUT2D eigenvalue weighted by molar-refractivity contribution is -0.124. The highest BCUT2D eigenvalue weighted by atomic mass is 16.5. The largest absolute Gasteiger partial charge is 0.492 e. The number of anilines is 1. The van der Waals surface area contributed by atoms with Gasteiger partial charge in [0, 0.05) is 31.1 Å². The number of morpholine rings is 1. The molecule has 0 bridgehead atoms. The van der Waals surface area contributed by atoms with E-state index in [4.69, 9.17) is 14.6 Å². The van der Waals surface area contributed by atoms with E-state index in [-0.39, 0.29) is 5.92 Å². The highest BCUT2D eigenvalue weighted by molar-refractivity contribution is 5.99. The predicted octanol–water partition coefficient (Wildman–Crippen LogP) is 4.84. The molecule has 2 heterocycles. The third-order valence-corrected chi connectivity index (χ3v) is 7.08. The van der Waals surface area contributed by atoms with Gasteiger partial charge in [-0.3, -0.25) is 9.69 Å². The lowest BCUT2D eigenvalue weighted by Crippen LogP contribution is -2.38. The zero-order valence-corrected chi connectivity index (χ0v) is 22.8. The van der Waals surface area contributed by atoms with Gasteiger partial charge in [0.1, 0.15) is 18.2 Å². The van der Waals surface area contributed by atoms with Crippen molar-refractivity contribution in [3.05, 3.63) is 83.6 Å². The van der Waals surface area contributed by atoms with E-state index in [2.05, 4.69) is 24.1 Å². The molecule has 2 N–H and O–H groups in total. The summed E-state index contributed by atoms with van der Waals surface area (Å²) in [5, 5.41) is 20.5. The van der Waals surface area contributed by atoms with E-state index < -0.39 is 12.0 Å². The first-order chi connectivity index (χ1) is 18.9. The van der Waals surface area contributed by atoms with Crippen molar-refractivity contribution in [1.29, 1.82) is 0 Å². The minimum Gasteiger partial charge on any atom is -0.492 e. The molecule has 1 aromatic heterocycles. The van der Waals surface area contributed by atoms with Crippen LogP contribution in [0.15, 0.2) is 66.7 Å². The van der Waals surface area contributed by atoms with E-state index in [0.717, 1.165) is 66.3 Å². The average molecular weight is 529 g/mol. The van der Waals surface area contributed by atoms with Crippen molar-refractivity contribution in [2.45, 2.75) is 32.8 Å². The second kappa shape index (κ2) is 12.0. The second-order valence-electron chi connectivity index (χ2n) is 10.2. The topological polar surface area (TPSA) is 88.9 Å². The third-order valence-electron chi connectivity index (χ3n) is 7.08. The minimum absolute atomic E-state index is 0.178. The van der Waals surface area contributed by atoms with Crippen molar-refractivity contribution >= 4 is 22.5 Å². The Morgan fingerprint density at radius 3 is 2.49 bits per heavy atom. The van der Waals surface area contributed by atoms with E-state index in [1.165, 1.54) is 0 Å². The summed E-state index contributed by atoms with van der Waals surface area (Å²) in [6.45, 7) is 10.8. The Hall–Kier alpha value is -3.72. The number of aromatic nitrogens is 2. The number of carbonyl (C=O) groups is 1. The average Bonchev–Trinajstić information content (AvgIpc) is 3.38. The normalized spacial score (nSPS) is 15.0. The van der Waals surface area contributed by atoms with Crippen molar-refractivity contribution in [3.8, 4) is 11.4 Å². The summed E-state index contributed by atoms with van der Waals surface area (Å²) < 4.78 is 13.3. The van der Waals surface area contributed by atoms with Gasteiger partial charge in [0.25, 0.3) is 5.91 Å². The molecule has 1 amide bonds. The van der Waals surface area contributed by atoms with Gasteiger partial charge in [-0.15, -0.1) is 0 Å². The van der Waals surface area contributed by atoms with Crippen LogP contribution in [0.25, 0.3) is 16.5 Å². The molecule has 0 aliphatic carbocycles. The van der Waals surface area contributed by atoms with Crippen molar-refractivity contribution in [2.24, 2.45) is 0 Å². The van der Waals surface area contributed by atoms with Crippen molar-refractivity contribution in [1.82, 2.24) is 14.7 Å². The standard InChI is InChI=1S/C31H36N4O4/c1-21(2)27-20-29(35(33-27)23-10-8-22(3)9-11-23)32-31(37)30(36)26-12-13-28(25-7-5-4-6-24(25)26)39-19-16-34-14-17-38-18-15-34/h4-13,20-21,30,36H,14-19H2,1-3H3,(H,32,37). The summed E-state index contributed by atoms with van der Waals surface area (Å²) in [6.07, 6.45) is -1.37. The molecule has 3 aromatic carbocycles. The zero-order chi connectivity index (χ0) is 27.4. The molecule has 8 heteroatoms. The van der Waals surface area contributed by atoms with Crippen LogP contribution < -0.4 is 10.1 Å². The molecule has 1 atom stereocenters. The van der Waals surface area contributed by atoms with Gasteiger partial charge >= 0.3 is 0 Å². The first-order valence-corrected chi connectivity index (χ1v) is 13.5. The van der Waals surface area contributed by atoms with E-state index in [0.29, 0.717) is 18.0 Å². The number of aryl methyl sites for hydroxylation is 1. The molecular formula is C31H36N4O4. The van der Waals surface area contributed by atoms with E-state index in [1.807, 2.05) is 67.6 Å². The SMILES string of the molecule is Cc1ccc(-n2nc(C(C)C)cc2NC(=O)C(O)c2ccc(OCCN3CCOCC3)c3ccccc23)cc1. The van der Waals surface area contributed by atoms with Gasteiger partial charge in [-0.25, -0.2) is 4.68 Å². The molecule has 0 spiro atoms. The van der Waals surface area contributed by atoms with Crippen LogP contribution in [0.2, 0.25) is 0 Å². The van der Waals surface area contributed by atoms with Gasteiger partial charge in [-0.1, -0.05) is 61.9 Å². The van der Waals surface area contributed by atoms with E-state index in [1.54, 1.807) is 10.7 Å². The maximum absolute atomic E-state index is 13.4. The molecule has 1 aliphatic rings. The number of hydrogen-bond acceptors (Lipinski definition) is 6. The summed E-state index contributed by atoms with van der Waals surface area (Å²) in [5.74, 6) is 0.898. The molecule has 1 aliphatic heterocycles. The second-order valence-corrected chi connectivity index (χ2v) is 10.2. The molecule has 1 unspecified atom stereocenters. The molecule has 39 heavy (non-hydrogen) atoms. The van der Waals surface area contributed by atoms with E-state index in [9.17, 15) is 9.90 Å². The Balaban J connectivity index is 1.36. The van der Waals surface area contributed by atoms with Gasteiger partial charge in [0.2, 0.25) is 0 Å². The number of rotatable bonds is 9. The molecule has 204 valence electrons. The molecule has 1 saturated heterocycles. The number of benzene rings is 3. The Bertz CT molecular complexity index is 1420. The number of aliphatic hydroxyl groups excluding tert-OH is 1. The molecule has 5 rings (SSSR count). The maximum atomic E-state index is 13.4. The smallest absolute Gasteiger partial charge is 0.259 e. The van der Waals surface area contributed by atoms with E-state index >= 15 is 0 Å². The van der Waals surface area contributed by atoms with Gasteiger partial charge < -0.3 is 19.9 Å². The van der Waals surface area contributed by atoms with Crippen LogP contribution in [0.3, 0.4) is 0 Å². The summed E-state index contributed by atoms with van der Waals surface area (Å²) >= 11 is 0. The van der Waals surface area contributed by atoms with Gasteiger partial charge in [0.15, 0.2) is 6.10 Å². The maximum Gasteiger partial charge on any atom is 0.259 e. The number of hydrogen-bond donors (Lipinski definition) is 2. The number of nitrogens with zero attached hydrogens (tertiary/aromatic N) is 3. The first kappa shape index (κ1) is 26.9. The lowest BCUT2D eigenvalue weighted by atomic mass is 9.99. The summed E-state index contributed by atoms with van der Waals surface area (Å²) in [5.41, 5.74) is 3.34. The quantitative estimate of drug-likeness (QED) is 0.323. The number of fused-ring (bicyclic) bond motifs is 1. The Labute approximate surface area is 229 Å². The summed E-state index contributed by atoms with van der Waals surface area (Å²) in [4.78, 5) is 15.7. The number of carbonyl (C=O) groups excluding carboxylic acids is 1. The van der Waals surface area contributed by atoms with Crippen LogP contribution in [0.1, 0.15) is 42.7 Å². The number of ether oxygens (including phenoxy) is 2. The lowest BCUT2D eigenvalue weighted by Gasteiger charge is -2.26. The number of nitrogens with one attached hydrogen (secondary N) is 1. The molecule has 1 fully saturated rings. The van der Waals surface area contributed by atoms with Crippen LogP contribution in [0.4, 0.5) is 5.82 Å². The Kier molecular flexibility index (Phi) is 8.26. The van der Waals surface area contributed by atoms with Crippen molar-refractivity contribution in [2.75, 3.05) is 44.8 Å². The summed E-state index contributed by atoms with van der Waals surface area (Å²) in [6, 6.07) is 21.1. The molecule has 8 nitrogen and oxygen atoms in total. The molecule has 0 saturated carbocycles. The van der Waals surface area contributed by atoms with Crippen LogP contribution in [0, 0.1) is 6.92 Å². The van der Waals surface area contributed by atoms with Crippen LogP contribution in [-0.4, -0.2) is 65.1 Å². The Morgan fingerprint density at radius 2 is 1.77 bits per heavy atom. The summed E-state index contributed by atoms with van der Waals surface area (Å²) in [7, 11) is 0. The minimum atomic E-state index is -1.37. The van der Waals surface area contributed by atoms with Gasteiger partial charge in [-0.05, 0) is 42.0 Å². The van der Waals surface area contributed by atoms with Crippen molar-refractivity contribution in [3.63, 3.8) is 0 Å². The van der Waals surface area contributed by atoms with Crippen LogP contribution >= 0.6 is 0 Å². The monoisotopic (exact) mass is 528 g/mol. The number of aliphatic hydroxyl groups is 1. The fourth-order valence-corrected chi connectivity index (χ4v) is 4.76. The third kappa shape index (κ3) is 6.14. The van der Waals surface area contributed by atoms with Gasteiger partial charge in [-0.2, -0.15) is 5.10 Å².